The van der Waals surface area contributed by atoms with Gasteiger partial charge in [0.25, 0.3) is 5.56 Å². The molecule has 1 aliphatic carbocycles. The summed E-state index contributed by atoms with van der Waals surface area (Å²) in [5.41, 5.74) is 0.600. The van der Waals surface area contributed by atoms with Crippen LogP contribution in [0.4, 0.5) is 0 Å². The summed E-state index contributed by atoms with van der Waals surface area (Å²) in [6.45, 7) is 4.28. The van der Waals surface area contributed by atoms with E-state index >= 15 is 0 Å². The lowest BCUT2D eigenvalue weighted by molar-refractivity contribution is -0.141. The number of carbonyl (C=O) groups excluding carboxylic acids is 1. The molecule has 0 aliphatic heterocycles. The minimum atomic E-state index is -0.243. The minimum Gasteiger partial charge on any atom is -0.383 e. The van der Waals surface area contributed by atoms with Crippen molar-refractivity contribution in [2.45, 2.75) is 45.2 Å². The van der Waals surface area contributed by atoms with Crippen molar-refractivity contribution in [1.82, 2.24) is 19.4 Å². The fourth-order valence-corrected chi connectivity index (χ4v) is 4.00. The summed E-state index contributed by atoms with van der Waals surface area (Å²) in [6, 6.07) is 7.18. The maximum atomic E-state index is 13.4. The number of benzene rings is 1. The van der Waals surface area contributed by atoms with Crippen LogP contribution in [0.25, 0.3) is 10.9 Å². The average Bonchev–Trinajstić information content (AvgIpc) is 2.69. The quantitative estimate of drug-likeness (QED) is 0.598. The summed E-state index contributed by atoms with van der Waals surface area (Å²) in [6.07, 6.45) is 3.72. The van der Waals surface area contributed by atoms with Crippen molar-refractivity contribution in [3.63, 3.8) is 0 Å². The van der Waals surface area contributed by atoms with Crippen molar-refractivity contribution < 1.29 is 9.53 Å². The van der Waals surface area contributed by atoms with Crippen LogP contribution in [0.2, 0.25) is 0 Å². The van der Waals surface area contributed by atoms with E-state index < -0.39 is 0 Å². The van der Waals surface area contributed by atoms with Gasteiger partial charge in [-0.05, 0) is 45.5 Å². The average molecular weight is 415 g/mol. The summed E-state index contributed by atoms with van der Waals surface area (Å²) >= 11 is 0. The molecular weight excluding hydrogens is 380 g/mol. The Balaban J connectivity index is 2.09. The van der Waals surface area contributed by atoms with Gasteiger partial charge in [-0.25, -0.2) is 4.98 Å². The number of methoxy groups -OCH3 is 1. The van der Waals surface area contributed by atoms with Crippen LogP contribution in [0.1, 0.15) is 44.5 Å². The van der Waals surface area contributed by atoms with Gasteiger partial charge in [-0.15, -0.1) is 0 Å². The van der Waals surface area contributed by atoms with E-state index in [-0.39, 0.29) is 23.4 Å². The molecule has 7 nitrogen and oxygen atoms in total. The predicted octanol–water partition coefficient (Wildman–Crippen LogP) is 2.68. The highest BCUT2D eigenvalue weighted by Gasteiger charge is 2.35. The first-order chi connectivity index (χ1) is 14.5. The first-order valence-corrected chi connectivity index (χ1v) is 10.9. The van der Waals surface area contributed by atoms with Crippen molar-refractivity contribution in [3.8, 4) is 0 Å². The summed E-state index contributed by atoms with van der Waals surface area (Å²) in [7, 11) is 5.64. The zero-order chi connectivity index (χ0) is 21.7. The third-order valence-corrected chi connectivity index (χ3v) is 6.00. The number of nitrogens with zero attached hydrogens (tertiary/aromatic N) is 4. The second-order valence-corrected chi connectivity index (χ2v) is 8.32. The Labute approximate surface area is 178 Å². The van der Waals surface area contributed by atoms with Crippen LogP contribution in [-0.2, 0) is 16.1 Å². The molecule has 1 atom stereocenters. The zero-order valence-electron chi connectivity index (χ0n) is 18.6. The highest BCUT2D eigenvalue weighted by Crippen LogP contribution is 2.32. The fourth-order valence-electron chi connectivity index (χ4n) is 4.00. The van der Waals surface area contributed by atoms with Crippen LogP contribution < -0.4 is 5.56 Å². The molecule has 1 aliphatic rings. The van der Waals surface area contributed by atoms with Gasteiger partial charge in [0.2, 0.25) is 5.91 Å². The molecular formula is C23H34N4O3. The van der Waals surface area contributed by atoms with E-state index in [2.05, 4.69) is 11.8 Å². The van der Waals surface area contributed by atoms with Gasteiger partial charge in [-0.1, -0.05) is 25.5 Å². The van der Waals surface area contributed by atoms with E-state index in [1.165, 1.54) is 0 Å². The monoisotopic (exact) mass is 414 g/mol. The Bertz CT molecular complexity index is 920. The molecule has 1 unspecified atom stereocenters. The summed E-state index contributed by atoms with van der Waals surface area (Å²) < 4.78 is 6.96. The molecule has 0 bridgehead atoms. The highest BCUT2D eigenvalue weighted by atomic mass is 16.5. The number of hydrogen-bond acceptors (Lipinski definition) is 5. The van der Waals surface area contributed by atoms with Crippen molar-refractivity contribution in [2.75, 3.05) is 40.9 Å². The molecule has 0 saturated heterocycles. The molecule has 2 aromatic rings. The molecule has 1 fully saturated rings. The van der Waals surface area contributed by atoms with Gasteiger partial charge in [0, 0.05) is 26.1 Å². The van der Waals surface area contributed by atoms with Crippen LogP contribution in [0, 0.1) is 5.92 Å². The second-order valence-electron chi connectivity index (χ2n) is 8.32. The van der Waals surface area contributed by atoms with Gasteiger partial charge in [-0.2, -0.15) is 0 Å². The molecule has 1 saturated carbocycles. The Kier molecular flexibility index (Phi) is 7.61. The maximum absolute atomic E-state index is 13.4. The van der Waals surface area contributed by atoms with E-state index in [0.29, 0.717) is 42.8 Å². The van der Waals surface area contributed by atoms with Crippen LogP contribution >= 0.6 is 0 Å². The van der Waals surface area contributed by atoms with Crippen LogP contribution in [-0.4, -0.2) is 66.2 Å². The summed E-state index contributed by atoms with van der Waals surface area (Å²) in [5.74, 6) is 0.946. The third kappa shape index (κ3) is 4.73. The molecule has 3 rings (SSSR count). The van der Waals surface area contributed by atoms with Crippen molar-refractivity contribution in [1.29, 1.82) is 0 Å². The van der Waals surface area contributed by atoms with Gasteiger partial charge < -0.3 is 14.5 Å². The standard InChI is InChI=1S/C23H34N4O3/c1-5-20(26(14-13-25(2)3)22(28)17-9-8-10-17)21-24-19-12-7-6-11-18(19)23(29)27(21)15-16-30-4/h6-7,11-12,17,20H,5,8-10,13-16H2,1-4H3. The van der Waals surface area contributed by atoms with Gasteiger partial charge in [0.1, 0.15) is 5.82 Å². The Morgan fingerprint density at radius 1 is 1.27 bits per heavy atom. The number of aromatic nitrogens is 2. The Morgan fingerprint density at radius 2 is 2.00 bits per heavy atom. The zero-order valence-corrected chi connectivity index (χ0v) is 18.6. The largest absolute Gasteiger partial charge is 0.383 e. The summed E-state index contributed by atoms with van der Waals surface area (Å²) in [4.78, 5) is 35.6. The number of carbonyl (C=O) groups is 1. The lowest BCUT2D eigenvalue weighted by Crippen LogP contribution is -2.46. The molecule has 0 N–H and O–H groups in total. The van der Waals surface area contributed by atoms with Crippen molar-refractivity contribution in [2.24, 2.45) is 5.92 Å². The molecule has 7 heteroatoms. The van der Waals surface area contributed by atoms with E-state index in [1.54, 1.807) is 11.7 Å². The number of rotatable bonds is 10. The van der Waals surface area contributed by atoms with E-state index in [1.807, 2.05) is 43.3 Å². The van der Waals surface area contributed by atoms with Crippen molar-refractivity contribution in [3.05, 3.63) is 40.4 Å². The molecule has 0 spiro atoms. The lowest BCUT2D eigenvalue weighted by atomic mass is 9.84. The molecule has 1 amide bonds. The Hall–Kier alpha value is -2.25. The SMILES string of the molecule is CCC(c1nc2ccccc2c(=O)n1CCOC)N(CCN(C)C)C(=O)C1CCC1. The van der Waals surface area contributed by atoms with Crippen LogP contribution in [0.3, 0.4) is 0 Å². The first-order valence-electron chi connectivity index (χ1n) is 10.9. The number of likely N-dealkylation sites (N-methyl/N-ethyl adjacent to an activating group) is 1. The predicted molar refractivity (Wildman–Crippen MR) is 119 cm³/mol. The van der Waals surface area contributed by atoms with Crippen molar-refractivity contribution >= 4 is 16.8 Å². The van der Waals surface area contributed by atoms with Gasteiger partial charge >= 0.3 is 0 Å². The number of hydrogen-bond donors (Lipinski definition) is 0. The molecule has 0 radical (unpaired) electrons. The number of para-hydroxylation sites is 1. The first kappa shape index (κ1) is 22.4. The minimum absolute atomic E-state index is 0.0743. The topological polar surface area (TPSA) is 67.7 Å². The van der Waals surface area contributed by atoms with E-state index in [4.69, 9.17) is 9.72 Å². The number of amides is 1. The van der Waals surface area contributed by atoms with Gasteiger partial charge in [0.05, 0.1) is 30.1 Å². The van der Waals surface area contributed by atoms with Gasteiger partial charge in [-0.3, -0.25) is 14.2 Å². The molecule has 1 aromatic heterocycles. The molecule has 1 aromatic carbocycles. The third-order valence-electron chi connectivity index (χ3n) is 6.00. The van der Waals surface area contributed by atoms with Crippen LogP contribution in [0.15, 0.2) is 29.1 Å². The van der Waals surface area contributed by atoms with E-state index in [0.717, 1.165) is 25.8 Å². The number of ether oxygens (including phenoxy) is 1. The fraction of sp³-hybridized carbons (Fsp3) is 0.609. The molecule has 30 heavy (non-hydrogen) atoms. The normalized spacial score (nSPS) is 15.4. The molecule has 1 heterocycles. The van der Waals surface area contributed by atoms with E-state index in [9.17, 15) is 9.59 Å². The highest BCUT2D eigenvalue weighted by molar-refractivity contribution is 5.80. The smallest absolute Gasteiger partial charge is 0.261 e. The summed E-state index contributed by atoms with van der Waals surface area (Å²) in [5, 5.41) is 0.595. The van der Waals surface area contributed by atoms with Gasteiger partial charge in [0.15, 0.2) is 0 Å². The Morgan fingerprint density at radius 3 is 2.60 bits per heavy atom. The molecule has 164 valence electrons. The van der Waals surface area contributed by atoms with Crippen LogP contribution in [0.5, 0.6) is 0 Å². The lowest BCUT2D eigenvalue weighted by Gasteiger charge is -2.37. The number of fused-ring (bicyclic) bond motifs is 1. The second kappa shape index (κ2) is 10.2. The maximum Gasteiger partial charge on any atom is 0.261 e.